The Labute approximate surface area is 62.4 Å². The Morgan fingerprint density at radius 1 is 1.71 bits per heavy atom. The van der Waals surface area contributed by atoms with Crippen molar-refractivity contribution in [1.29, 1.82) is 0 Å². The molecule has 0 aliphatic rings. The largest absolute Gasteiger partial charge is 0.286 e. The molecule has 0 aliphatic carbocycles. The van der Waals surface area contributed by atoms with Crippen LogP contribution in [0.15, 0.2) is 0 Å². The fraction of sp³-hybridized carbons (Fsp3) is 0.750. The Hall–Kier alpha value is 0.750. The molecule has 0 radical (unpaired) electrons. The average Bonchev–Trinajstić information content (AvgIpc) is 1.31. The molecule has 0 atom stereocenters. The van der Waals surface area contributed by atoms with E-state index >= 15 is 0 Å². The van der Waals surface area contributed by atoms with Crippen LogP contribution in [-0.4, -0.2) is 8.54 Å². The Bertz CT molecular complexity index is 84.2. The predicted molar refractivity (Wildman–Crippen MR) is 42.1 cm³/mol. The lowest BCUT2D eigenvalue weighted by molar-refractivity contribution is -0.110. The minimum Gasteiger partial charge on any atom is -0.286 e. The molecule has 42 valence electrons. The van der Waals surface area contributed by atoms with Crippen molar-refractivity contribution in [3.63, 3.8) is 0 Å². The summed E-state index contributed by atoms with van der Waals surface area (Å²) in [5.41, 5.74) is 0. The molecule has 0 aliphatic heterocycles. The van der Waals surface area contributed by atoms with Gasteiger partial charge in [0.05, 0.1) is 4.75 Å². The van der Waals surface area contributed by atoms with E-state index < -0.39 is 4.75 Å². The van der Waals surface area contributed by atoms with Gasteiger partial charge < -0.3 is 0 Å². The molecule has 0 aromatic heterocycles. The van der Waals surface area contributed by atoms with Gasteiger partial charge in [-0.25, -0.2) is 0 Å². The Balaban J connectivity index is 3.79. The van der Waals surface area contributed by atoms with Gasteiger partial charge in [0, 0.05) is 22.6 Å². The summed E-state index contributed by atoms with van der Waals surface area (Å²) in [7, 11) is 0. The number of hydrogen-bond acceptors (Lipinski definition) is 2. The van der Waals surface area contributed by atoms with Crippen LogP contribution in [0.3, 0.4) is 0 Å². The lowest BCUT2D eigenvalue weighted by atomic mass is 10.2. The Kier molecular flexibility index (Phi) is 2.60. The SMILES string of the molecule is CC(C)(S)C(=O)I. The maximum atomic E-state index is 10.4. The molecular weight excluding hydrogens is 223 g/mol. The zero-order valence-electron chi connectivity index (χ0n) is 4.23. The molecule has 0 bridgehead atoms. The van der Waals surface area contributed by atoms with E-state index in [1.54, 1.807) is 36.4 Å². The third kappa shape index (κ3) is 3.34. The Morgan fingerprint density at radius 2 is 1.86 bits per heavy atom. The van der Waals surface area contributed by atoms with E-state index in [9.17, 15) is 4.79 Å². The maximum absolute atomic E-state index is 10.4. The summed E-state index contributed by atoms with van der Waals surface area (Å²) in [6, 6.07) is 0. The highest BCUT2D eigenvalue weighted by molar-refractivity contribution is 14.1. The van der Waals surface area contributed by atoms with Crippen molar-refractivity contribution >= 4 is 39.0 Å². The van der Waals surface area contributed by atoms with Crippen molar-refractivity contribution in [3.8, 4) is 0 Å². The molecule has 7 heavy (non-hydrogen) atoms. The molecule has 0 rings (SSSR count). The van der Waals surface area contributed by atoms with Crippen molar-refractivity contribution < 1.29 is 4.79 Å². The number of halogens is 1. The van der Waals surface area contributed by atoms with Crippen LogP contribution in [0, 0.1) is 0 Å². The van der Waals surface area contributed by atoms with Crippen LogP contribution in [0.25, 0.3) is 0 Å². The molecule has 0 unspecified atom stereocenters. The van der Waals surface area contributed by atoms with Gasteiger partial charge in [0.15, 0.2) is 0 Å². The summed E-state index contributed by atoms with van der Waals surface area (Å²) in [5.74, 6) is 0. The topological polar surface area (TPSA) is 17.1 Å². The van der Waals surface area contributed by atoms with Crippen LogP contribution in [-0.2, 0) is 4.79 Å². The molecule has 0 heterocycles. The molecule has 0 saturated carbocycles. The van der Waals surface area contributed by atoms with E-state index in [0.29, 0.717) is 0 Å². The normalized spacial score (nSPS) is 11.4. The van der Waals surface area contributed by atoms with E-state index in [4.69, 9.17) is 0 Å². The van der Waals surface area contributed by atoms with Crippen molar-refractivity contribution in [3.05, 3.63) is 0 Å². The summed E-state index contributed by atoms with van der Waals surface area (Å²) in [6.45, 7) is 3.54. The highest BCUT2D eigenvalue weighted by Crippen LogP contribution is 2.16. The lowest BCUT2D eigenvalue weighted by Gasteiger charge is -2.08. The molecule has 0 aromatic rings. The predicted octanol–water partition coefficient (Wildman–Crippen LogP) is 1.66. The maximum Gasteiger partial charge on any atom is 0.207 e. The minimum absolute atomic E-state index is 0.0773. The molecule has 0 saturated heterocycles. The fourth-order valence-electron chi connectivity index (χ4n) is 0. The molecule has 0 aromatic carbocycles. The number of carbonyl (C=O) groups is 1. The molecule has 0 fully saturated rings. The molecule has 1 nitrogen and oxygen atoms in total. The van der Waals surface area contributed by atoms with E-state index in [2.05, 4.69) is 12.6 Å². The first-order valence-electron chi connectivity index (χ1n) is 1.87. The number of carbonyl (C=O) groups excluding carboxylic acids is 1. The Morgan fingerprint density at radius 3 is 1.86 bits per heavy atom. The van der Waals surface area contributed by atoms with Gasteiger partial charge in [-0.15, -0.1) is 0 Å². The second-order valence-corrected chi connectivity index (χ2v) is 3.93. The van der Waals surface area contributed by atoms with Crippen LogP contribution < -0.4 is 0 Å². The number of rotatable bonds is 1. The first-order chi connectivity index (χ1) is 2.94. The lowest BCUT2D eigenvalue weighted by Crippen LogP contribution is -2.17. The van der Waals surface area contributed by atoms with Crippen LogP contribution in [0.4, 0.5) is 0 Å². The van der Waals surface area contributed by atoms with Crippen molar-refractivity contribution in [2.75, 3.05) is 0 Å². The van der Waals surface area contributed by atoms with E-state index in [1.807, 2.05) is 0 Å². The van der Waals surface area contributed by atoms with Gasteiger partial charge in [-0.05, 0) is 13.8 Å². The zero-order valence-corrected chi connectivity index (χ0v) is 7.29. The van der Waals surface area contributed by atoms with Gasteiger partial charge in [0.25, 0.3) is 0 Å². The van der Waals surface area contributed by atoms with Crippen molar-refractivity contribution in [2.45, 2.75) is 18.6 Å². The van der Waals surface area contributed by atoms with Gasteiger partial charge in [-0.3, -0.25) is 4.79 Å². The summed E-state index contributed by atoms with van der Waals surface area (Å²) in [6.07, 6.45) is 0. The monoisotopic (exact) mass is 230 g/mol. The second-order valence-electron chi connectivity index (χ2n) is 1.83. The third-order valence-electron chi connectivity index (χ3n) is 0.481. The van der Waals surface area contributed by atoms with Crippen molar-refractivity contribution in [2.24, 2.45) is 0 Å². The standard InChI is InChI=1S/C4H7IOS/c1-4(2,7)3(5)6/h7H,1-2H3. The van der Waals surface area contributed by atoms with E-state index in [0.717, 1.165) is 0 Å². The van der Waals surface area contributed by atoms with E-state index in [1.165, 1.54) is 0 Å². The van der Waals surface area contributed by atoms with Crippen LogP contribution in [0.2, 0.25) is 0 Å². The van der Waals surface area contributed by atoms with Gasteiger partial charge in [-0.2, -0.15) is 12.6 Å². The first kappa shape index (κ1) is 7.75. The quantitative estimate of drug-likeness (QED) is 0.412. The van der Waals surface area contributed by atoms with Gasteiger partial charge in [0.2, 0.25) is 3.79 Å². The highest BCUT2D eigenvalue weighted by Gasteiger charge is 2.18. The van der Waals surface area contributed by atoms with E-state index in [-0.39, 0.29) is 3.79 Å². The van der Waals surface area contributed by atoms with Gasteiger partial charge in [-0.1, -0.05) is 0 Å². The number of thiol groups is 1. The summed E-state index contributed by atoms with van der Waals surface area (Å²) in [5, 5.41) is 0. The smallest absolute Gasteiger partial charge is 0.207 e. The average molecular weight is 230 g/mol. The van der Waals surface area contributed by atoms with Crippen LogP contribution in [0.5, 0.6) is 0 Å². The fourth-order valence-corrected chi connectivity index (χ4v) is 0. The van der Waals surface area contributed by atoms with Gasteiger partial charge in [0.1, 0.15) is 0 Å². The second kappa shape index (κ2) is 2.35. The summed E-state index contributed by atoms with van der Waals surface area (Å²) >= 11 is 5.73. The first-order valence-corrected chi connectivity index (χ1v) is 3.39. The van der Waals surface area contributed by atoms with Gasteiger partial charge >= 0.3 is 0 Å². The molecule has 0 amide bonds. The summed E-state index contributed by atoms with van der Waals surface area (Å²) in [4.78, 5) is 10.4. The summed E-state index contributed by atoms with van der Waals surface area (Å²) < 4.78 is -0.381. The van der Waals surface area contributed by atoms with Crippen LogP contribution in [0.1, 0.15) is 13.8 Å². The molecule has 0 N–H and O–H groups in total. The van der Waals surface area contributed by atoms with Crippen LogP contribution >= 0.6 is 35.2 Å². The number of hydrogen-bond donors (Lipinski definition) is 1. The zero-order chi connectivity index (χ0) is 6.08. The molecule has 0 spiro atoms. The molecular formula is C4H7IOS. The molecule has 3 heteroatoms. The minimum atomic E-state index is -0.458. The van der Waals surface area contributed by atoms with Crippen molar-refractivity contribution in [1.82, 2.24) is 0 Å². The third-order valence-corrected chi connectivity index (χ3v) is 2.46. The highest BCUT2D eigenvalue weighted by atomic mass is 127.